The highest BCUT2D eigenvalue weighted by Crippen LogP contribution is 2.32. The van der Waals surface area contributed by atoms with Gasteiger partial charge in [0.15, 0.2) is 5.82 Å². The van der Waals surface area contributed by atoms with Crippen LogP contribution in [0.15, 0.2) is 29.1 Å². The maximum Gasteiger partial charge on any atom is 0.252 e. The minimum atomic E-state index is -0.266. The number of aromatic amines is 1. The van der Waals surface area contributed by atoms with Gasteiger partial charge in [0, 0.05) is 36.2 Å². The number of H-pyrrole nitrogens is 1. The zero-order chi connectivity index (χ0) is 25.2. The molecule has 1 saturated heterocycles. The minimum Gasteiger partial charge on any atom is -0.494 e. The number of rotatable bonds is 9. The number of aromatic nitrogens is 5. The lowest BCUT2D eigenvalue weighted by atomic mass is 9.98. The van der Waals surface area contributed by atoms with Crippen molar-refractivity contribution in [2.24, 2.45) is 5.92 Å². The van der Waals surface area contributed by atoms with E-state index in [9.17, 15) is 4.79 Å². The van der Waals surface area contributed by atoms with Gasteiger partial charge in [0.1, 0.15) is 5.75 Å². The number of hydrogen-bond donors (Lipinski definition) is 1. The summed E-state index contributed by atoms with van der Waals surface area (Å²) in [4.78, 5) is 18.5. The average molecular weight is 483 g/mol. The fourth-order valence-corrected chi connectivity index (χ4v) is 4.89. The first kappa shape index (κ1) is 25.3. The monoisotopic (exact) mass is 482 g/mol. The average Bonchev–Trinajstić information content (AvgIpc) is 3.47. The molecule has 3 heterocycles. The number of nitrogens with one attached hydrogen (secondary N) is 1. The molecular formula is C26H38N6O3. The number of nitrogens with zero attached hydrogens (tertiary/aromatic N) is 5. The summed E-state index contributed by atoms with van der Waals surface area (Å²) in [7, 11) is 0. The Bertz CT molecular complexity index is 1190. The number of ether oxygens (including phenoxy) is 2. The van der Waals surface area contributed by atoms with E-state index in [-0.39, 0.29) is 29.2 Å². The molecule has 0 aliphatic carbocycles. The van der Waals surface area contributed by atoms with Gasteiger partial charge in [-0.25, -0.2) is 4.68 Å². The number of fused-ring (bicyclic) bond motifs is 1. The largest absolute Gasteiger partial charge is 0.494 e. The Balaban J connectivity index is 1.75. The van der Waals surface area contributed by atoms with Crippen LogP contribution in [0.5, 0.6) is 5.75 Å². The Labute approximate surface area is 206 Å². The highest BCUT2D eigenvalue weighted by Gasteiger charge is 2.34. The van der Waals surface area contributed by atoms with Gasteiger partial charge in [0.05, 0.1) is 24.3 Å². The minimum absolute atomic E-state index is 0.0849. The van der Waals surface area contributed by atoms with Gasteiger partial charge in [-0.2, -0.15) is 0 Å². The smallest absolute Gasteiger partial charge is 0.252 e. The predicted octanol–water partition coefficient (Wildman–Crippen LogP) is 4.05. The van der Waals surface area contributed by atoms with Crippen molar-refractivity contribution >= 4 is 10.9 Å². The molecule has 0 amide bonds. The second-order valence-electron chi connectivity index (χ2n) is 10.7. The van der Waals surface area contributed by atoms with Gasteiger partial charge in [-0.15, -0.1) is 5.10 Å². The molecule has 2 atom stereocenters. The molecule has 0 radical (unpaired) electrons. The molecule has 35 heavy (non-hydrogen) atoms. The van der Waals surface area contributed by atoms with E-state index in [0.717, 1.165) is 41.9 Å². The summed E-state index contributed by atoms with van der Waals surface area (Å²) < 4.78 is 13.6. The van der Waals surface area contributed by atoms with E-state index < -0.39 is 0 Å². The molecule has 190 valence electrons. The molecular weight excluding hydrogens is 444 g/mol. The highest BCUT2D eigenvalue weighted by atomic mass is 16.5. The molecule has 4 rings (SSSR count). The molecule has 1 fully saturated rings. The van der Waals surface area contributed by atoms with Crippen LogP contribution >= 0.6 is 0 Å². The van der Waals surface area contributed by atoms with Crippen molar-refractivity contribution < 1.29 is 9.47 Å². The van der Waals surface area contributed by atoms with E-state index in [2.05, 4.69) is 60.0 Å². The number of benzene rings is 1. The van der Waals surface area contributed by atoms with Crippen molar-refractivity contribution in [1.29, 1.82) is 0 Å². The number of pyridine rings is 1. The van der Waals surface area contributed by atoms with Crippen LogP contribution in [0, 0.1) is 5.92 Å². The first-order valence-electron chi connectivity index (χ1n) is 12.6. The van der Waals surface area contributed by atoms with Crippen molar-refractivity contribution in [1.82, 2.24) is 30.1 Å². The molecule has 1 aliphatic heterocycles. The van der Waals surface area contributed by atoms with Crippen molar-refractivity contribution in [3.63, 3.8) is 0 Å². The molecule has 9 nitrogen and oxygen atoms in total. The third kappa shape index (κ3) is 5.73. The highest BCUT2D eigenvalue weighted by molar-refractivity contribution is 5.80. The fourth-order valence-electron chi connectivity index (χ4n) is 4.89. The SMILES string of the molecule is CCOc1ccc2[nH]c(=O)c(CN(C[C@@H]3CCCO3)[C@@H](c3nnnn3C(C)(C)C)C(C)C)cc2c1. The third-order valence-electron chi connectivity index (χ3n) is 6.46. The standard InChI is InChI=1S/C26H38N6O3/c1-7-34-20-10-11-22-18(14-20)13-19(25(33)27-22)15-31(16-21-9-8-12-35-21)23(17(2)3)24-28-29-30-32(24)26(4,5)6/h10-11,13-14,17,21,23H,7-9,12,15-16H2,1-6H3,(H,27,33)/t21-,23+/m0/s1. The summed E-state index contributed by atoms with van der Waals surface area (Å²) in [5, 5.41) is 13.7. The number of tetrazole rings is 1. The Morgan fingerprint density at radius 2 is 2.09 bits per heavy atom. The van der Waals surface area contributed by atoms with E-state index in [1.807, 2.05) is 35.9 Å². The van der Waals surface area contributed by atoms with Crippen LogP contribution < -0.4 is 10.3 Å². The van der Waals surface area contributed by atoms with E-state index in [1.54, 1.807) is 0 Å². The van der Waals surface area contributed by atoms with Crippen LogP contribution in [0.1, 0.15) is 71.8 Å². The first-order valence-corrected chi connectivity index (χ1v) is 12.6. The van der Waals surface area contributed by atoms with Gasteiger partial charge < -0.3 is 14.5 Å². The Kier molecular flexibility index (Phi) is 7.56. The maximum absolute atomic E-state index is 13.1. The fraction of sp³-hybridized carbons (Fsp3) is 0.615. The van der Waals surface area contributed by atoms with Gasteiger partial charge >= 0.3 is 0 Å². The summed E-state index contributed by atoms with van der Waals surface area (Å²) in [5.41, 5.74) is 1.14. The lowest BCUT2D eigenvalue weighted by Gasteiger charge is -2.36. The van der Waals surface area contributed by atoms with Crippen molar-refractivity contribution in [3.05, 3.63) is 46.0 Å². The molecule has 9 heteroatoms. The summed E-state index contributed by atoms with van der Waals surface area (Å²) >= 11 is 0. The third-order valence-corrected chi connectivity index (χ3v) is 6.46. The second kappa shape index (κ2) is 10.5. The van der Waals surface area contributed by atoms with Crippen LogP contribution in [0.2, 0.25) is 0 Å². The molecule has 2 aromatic heterocycles. The van der Waals surface area contributed by atoms with Gasteiger partial charge in [-0.05, 0) is 81.1 Å². The predicted molar refractivity (Wildman–Crippen MR) is 136 cm³/mol. The van der Waals surface area contributed by atoms with Crippen molar-refractivity contribution in [2.45, 2.75) is 78.6 Å². The van der Waals surface area contributed by atoms with E-state index in [1.165, 1.54) is 0 Å². The van der Waals surface area contributed by atoms with Gasteiger partial charge in [-0.3, -0.25) is 9.69 Å². The van der Waals surface area contributed by atoms with Gasteiger partial charge in [-0.1, -0.05) is 13.8 Å². The topological polar surface area (TPSA) is 98.2 Å². The zero-order valence-electron chi connectivity index (χ0n) is 21.7. The molecule has 3 aromatic rings. The Hall–Kier alpha value is -2.78. The van der Waals surface area contributed by atoms with Crippen molar-refractivity contribution in [3.8, 4) is 5.75 Å². The lowest BCUT2D eigenvalue weighted by molar-refractivity contribution is 0.0371. The molecule has 0 unspecified atom stereocenters. The maximum atomic E-state index is 13.1. The first-order chi connectivity index (χ1) is 16.7. The quantitative estimate of drug-likeness (QED) is 0.491. The van der Waals surface area contributed by atoms with Crippen molar-refractivity contribution in [2.75, 3.05) is 19.8 Å². The van der Waals surface area contributed by atoms with Gasteiger partial charge in [0.25, 0.3) is 5.56 Å². The summed E-state index contributed by atoms with van der Waals surface area (Å²) in [6, 6.07) is 7.64. The van der Waals surface area contributed by atoms with Crippen LogP contribution in [-0.4, -0.2) is 56.0 Å². The molecule has 0 bridgehead atoms. The Morgan fingerprint density at radius 3 is 2.74 bits per heavy atom. The normalized spacial score (nSPS) is 17.5. The molecule has 0 spiro atoms. The second-order valence-corrected chi connectivity index (χ2v) is 10.7. The van der Waals surface area contributed by atoms with Crippen LogP contribution in [0.4, 0.5) is 0 Å². The molecule has 1 aromatic carbocycles. The lowest BCUT2D eigenvalue weighted by Crippen LogP contribution is -2.41. The van der Waals surface area contributed by atoms with Crippen LogP contribution in [0.25, 0.3) is 10.9 Å². The van der Waals surface area contributed by atoms with Crippen LogP contribution in [-0.2, 0) is 16.8 Å². The van der Waals surface area contributed by atoms with Crippen LogP contribution in [0.3, 0.4) is 0 Å². The van der Waals surface area contributed by atoms with E-state index >= 15 is 0 Å². The Morgan fingerprint density at radius 1 is 1.29 bits per heavy atom. The zero-order valence-corrected chi connectivity index (χ0v) is 21.7. The summed E-state index contributed by atoms with van der Waals surface area (Å²) in [5.74, 6) is 1.81. The number of hydrogen-bond acceptors (Lipinski definition) is 7. The summed E-state index contributed by atoms with van der Waals surface area (Å²) in [6.07, 6.45) is 2.19. The van der Waals surface area contributed by atoms with Gasteiger partial charge in [0.2, 0.25) is 0 Å². The summed E-state index contributed by atoms with van der Waals surface area (Å²) in [6.45, 7) is 15.1. The van der Waals surface area contributed by atoms with E-state index in [4.69, 9.17) is 9.47 Å². The van der Waals surface area contributed by atoms with E-state index in [0.29, 0.717) is 25.3 Å². The molecule has 1 aliphatic rings. The molecule has 1 N–H and O–H groups in total. The molecule has 0 saturated carbocycles.